The smallest absolute Gasteiger partial charge is 0.231 e. The fraction of sp³-hybridized carbons (Fsp3) is 0.0400. The van der Waals surface area contributed by atoms with Crippen molar-refractivity contribution in [1.29, 1.82) is 0 Å². The van der Waals surface area contributed by atoms with Crippen molar-refractivity contribution < 1.29 is 4.79 Å². The molecule has 0 aliphatic heterocycles. The van der Waals surface area contributed by atoms with Crippen LogP contribution in [0, 0.1) is 0 Å². The van der Waals surface area contributed by atoms with Crippen molar-refractivity contribution in [3.63, 3.8) is 0 Å². The third kappa shape index (κ3) is 4.54. The predicted molar refractivity (Wildman–Crippen MR) is 132 cm³/mol. The first-order valence-electron chi connectivity index (χ1n) is 9.73. The number of fused-ring (bicyclic) bond motifs is 1. The number of anilines is 1. The molecule has 1 amide bonds. The molecule has 3 nitrogen and oxygen atoms in total. The molecule has 3 aromatic carbocycles. The molecule has 5 aromatic rings. The van der Waals surface area contributed by atoms with E-state index in [0.717, 1.165) is 42.5 Å². The predicted octanol–water partition coefficient (Wildman–Crippen LogP) is 7.53. The number of thiazole rings is 1. The van der Waals surface area contributed by atoms with Crippen LogP contribution in [-0.4, -0.2) is 10.9 Å². The number of nitrogens with zero attached hydrogens (tertiary/aromatic N) is 1. The van der Waals surface area contributed by atoms with Crippen molar-refractivity contribution in [3.8, 4) is 22.3 Å². The normalized spacial score (nSPS) is 11.0. The summed E-state index contributed by atoms with van der Waals surface area (Å²) < 4.78 is 1.09. The molecule has 0 saturated heterocycles. The second kappa shape index (κ2) is 8.63. The van der Waals surface area contributed by atoms with Crippen molar-refractivity contribution in [2.24, 2.45) is 0 Å². The van der Waals surface area contributed by atoms with Gasteiger partial charge in [-0.05, 0) is 52.6 Å². The van der Waals surface area contributed by atoms with Gasteiger partial charge in [-0.2, -0.15) is 0 Å². The number of thiophene rings is 1. The van der Waals surface area contributed by atoms with Gasteiger partial charge in [0.1, 0.15) is 5.01 Å². The molecule has 0 saturated carbocycles. The Bertz CT molecular complexity index is 1360. The largest absolute Gasteiger partial charge is 0.317 e. The van der Waals surface area contributed by atoms with Gasteiger partial charge in [0, 0.05) is 10.4 Å². The zero-order valence-electron chi connectivity index (χ0n) is 16.3. The van der Waals surface area contributed by atoms with Crippen molar-refractivity contribution in [2.45, 2.75) is 6.42 Å². The van der Waals surface area contributed by atoms with E-state index in [-0.39, 0.29) is 12.3 Å². The van der Waals surface area contributed by atoms with Crippen LogP contribution in [-0.2, 0) is 11.2 Å². The molecule has 0 atom stereocenters. The highest BCUT2D eigenvalue weighted by atomic mass is 35.5. The summed E-state index contributed by atoms with van der Waals surface area (Å²) in [4.78, 5) is 17.3. The van der Waals surface area contributed by atoms with Crippen molar-refractivity contribution >= 4 is 55.4 Å². The van der Waals surface area contributed by atoms with Gasteiger partial charge in [0.05, 0.1) is 21.6 Å². The highest BCUT2D eigenvalue weighted by Gasteiger charge is 2.12. The van der Waals surface area contributed by atoms with Crippen LogP contribution in [0.15, 0.2) is 84.2 Å². The zero-order chi connectivity index (χ0) is 21.2. The second-order valence-corrected chi connectivity index (χ2v) is 9.55. The van der Waals surface area contributed by atoms with Crippen LogP contribution in [0.25, 0.3) is 32.5 Å². The Kier molecular flexibility index (Phi) is 5.55. The lowest BCUT2D eigenvalue weighted by molar-refractivity contribution is -0.115. The van der Waals surface area contributed by atoms with Gasteiger partial charge in [-0.1, -0.05) is 60.1 Å². The van der Waals surface area contributed by atoms with Gasteiger partial charge >= 0.3 is 0 Å². The average molecular weight is 461 g/mol. The fourth-order valence-corrected chi connectivity index (χ4v) is 5.27. The van der Waals surface area contributed by atoms with Gasteiger partial charge in [-0.3, -0.25) is 4.79 Å². The molecule has 2 aromatic heterocycles. The van der Waals surface area contributed by atoms with Gasteiger partial charge in [0.2, 0.25) is 5.91 Å². The molecule has 0 spiro atoms. The number of aromatic nitrogens is 1. The SMILES string of the molecule is O=C(Cc1nc2cc(-c3ccccc3)ccc2s1)Nc1cc(-c2ccc(Cl)cc2)cs1. The number of hydrogen-bond acceptors (Lipinski definition) is 4. The van der Waals surface area contributed by atoms with Gasteiger partial charge in [0.15, 0.2) is 0 Å². The topological polar surface area (TPSA) is 42.0 Å². The number of halogens is 1. The molecule has 0 radical (unpaired) electrons. The standard InChI is InChI=1S/C25H17ClN2OS2/c26-20-9-6-17(7-10-20)19-13-24(30-15-19)28-23(29)14-25-27-21-12-18(8-11-22(21)31-25)16-4-2-1-3-5-16/h1-13,15H,14H2,(H,28,29). The van der Waals surface area contributed by atoms with Crippen molar-refractivity contribution in [3.05, 3.63) is 94.3 Å². The summed E-state index contributed by atoms with van der Waals surface area (Å²) in [6.45, 7) is 0. The number of amides is 1. The van der Waals surface area contributed by atoms with Crippen molar-refractivity contribution in [1.82, 2.24) is 4.98 Å². The van der Waals surface area contributed by atoms with E-state index in [4.69, 9.17) is 16.6 Å². The number of hydrogen-bond donors (Lipinski definition) is 1. The summed E-state index contributed by atoms with van der Waals surface area (Å²) in [5.41, 5.74) is 5.34. The summed E-state index contributed by atoms with van der Waals surface area (Å²) in [5.74, 6) is -0.0631. The minimum atomic E-state index is -0.0631. The first-order valence-corrected chi connectivity index (χ1v) is 11.8. The van der Waals surface area contributed by atoms with Crippen LogP contribution in [0.1, 0.15) is 5.01 Å². The van der Waals surface area contributed by atoms with E-state index in [1.807, 2.05) is 53.9 Å². The minimum Gasteiger partial charge on any atom is -0.317 e. The molecule has 2 heterocycles. The monoisotopic (exact) mass is 460 g/mol. The fourth-order valence-electron chi connectivity index (χ4n) is 3.38. The second-order valence-electron chi connectivity index (χ2n) is 7.09. The first-order chi connectivity index (χ1) is 15.1. The Labute approximate surface area is 193 Å². The highest BCUT2D eigenvalue weighted by molar-refractivity contribution is 7.18. The third-order valence-corrected chi connectivity index (χ3v) is 7.02. The quantitative estimate of drug-likeness (QED) is 0.294. The molecule has 0 unspecified atom stereocenters. The maximum Gasteiger partial charge on any atom is 0.231 e. The Balaban J connectivity index is 1.29. The van der Waals surface area contributed by atoms with E-state index in [0.29, 0.717) is 5.02 Å². The summed E-state index contributed by atoms with van der Waals surface area (Å²) in [7, 11) is 0. The molecule has 0 fully saturated rings. The first kappa shape index (κ1) is 19.9. The average Bonchev–Trinajstić information content (AvgIpc) is 3.40. The van der Waals surface area contributed by atoms with E-state index in [1.54, 1.807) is 11.3 Å². The Morgan fingerprint density at radius 3 is 2.42 bits per heavy atom. The maximum atomic E-state index is 12.6. The molecule has 0 aliphatic carbocycles. The summed E-state index contributed by atoms with van der Waals surface area (Å²) >= 11 is 9.03. The van der Waals surface area contributed by atoms with Crippen LogP contribution in [0.2, 0.25) is 5.02 Å². The molecular formula is C25H17ClN2OS2. The Morgan fingerprint density at radius 2 is 1.61 bits per heavy atom. The Morgan fingerprint density at radius 1 is 0.871 bits per heavy atom. The molecule has 152 valence electrons. The Hall–Kier alpha value is -2.99. The lowest BCUT2D eigenvalue weighted by atomic mass is 10.1. The summed E-state index contributed by atoms with van der Waals surface area (Å²) in [6, 6.07) is 26.1. The molecule has 31 heavy (non-hydrogen) atoms. The van der Waals surface area contributed by atoms with E-state index in [2.05, 4.69) is 35.6 Å². The number of rotatable bonds is 5. The van der Waals surface area contributed by atoms with E-state index in [9.17, 15) is 4.79 Å². The van der Waals surface area contributed by atoms with Crippen LogP contribution in [0.3, 0.4) is 0 Å². The van der Waals surface area contributed by atoms with Crippen LogP contribution >= 0.6 is 34.3 Å². The van der Waals surface area contributed by atoms with Gasteiger partial charge < -0.3 is 5.32 Å². The summed E-state index contributed by atoms with van der Waals surface area (Å²) in [6.07, 6.45) is 0.258. The number of carbonyl (C=O) groups excluding carboxylic acids is 1. The minimum absolute atomic E-state index is 0.0631. The van der Waals surface area contributed by atoms with Crippen LogP contribution in [0.5, 0.6) is 0 Å². The third-order valence-electron chi connectivity index (χ3n) is 4.89. The lowest BCUT2D eigenvalue weighted by Gasteiger charge is -2.00. The number of nitrogens with one attached hydrogen (secondary N) is 1. The molecule has 6 heteroatoms. The van der Waals surface area contributed by atoms with E-state index < -0.39 is 0 Å². The molecule has 1 N–H and O–H groups in total. The highest BCUT2D eigenvalue weighted by Crippen LogP contribution is 2.31. The molecule has 0 aliphatic rings. The summed E-state index contributed by atoms with van der Waals surface area (Å²) in [5, 5.41) is 7.36. The van der Waals surface area contributed by atoms with E-state index >= 15 is 0 Å². The van der Waals surface area contributed by atoms with E-state index in [1.165, 1.54) is 11.3 Å². The zero-order valence-corrected chi connectivity index (χ0v) is 18.7. The van der Waals surface area contributed by atoms with Gasteiger partial charge in [-0.25, -0.2) is 4.98 Å². The molecule has 5 rings (SSSR count). The van der Waals surface area contributed by atoms with Gasteiger partial charge in [0.25, 0.3) is 0 Å². The molecule has 0 bridgehead atoms. The van der Waals surface area contributed by atoms with Gasteiger partial charge in [-0.15, -0.1) is 22.7 Å². The number of benzene rings is 3. The lowest BCUT2D eigenvalue weighted by Crippen LogP contribution is -2.13. The maximum absolute atomic E-state index is 12.6. The number of carbonyl (C=O) groups is 1. The molecular weight excluding hydrogens is 444 g/mol. The van der Waals surface area contributed by atoms with Crippen LogP contribution < -0.4 is 5.32 Å². The van der Waals surface area contributed by atoms with Crippen molar-refractivity contribution in [2.75, 3.05) is 5.32 Å². The van der Waals surface area contributed by atoms with Crippen LogP contribution in [0.4, 0.5) is 5.00 Å².